The van der Waals surface area contributed by atoms with E-state index in [2.05, 4.69) is 0 Å². The van der Waals surface area contributed by atoms with Crippen LogP contribution in [0.25, 0.3) is 6.08 Å². The van der Waals surface area contributed by atoms with Crippen LogP contribution < -0.4 is 0 Å². The molecule has 150 valence electrons. The Morgan fingerprint density at radius 3 is 2.25 bits per heavy atom. The first-order chi connectivity index (χ1) is 13.0. The number of rotatable bonds is 5. The van der Waals surface area contributed by atoms with Gasteiger partial charge in [0.1, 0.15) is 0 Å². The van der Waals surface area contributed by atoms with Gasteiger partial charge in [0.2, 0.25) is 0 Å². The van der Waals surface area contributed by atoms with Crippen molar-refractivity contribution in [3.63, 3.8) is 0 Å². The van der Waals surface area contributed by atoms with Crippen LogP contribution in [-0.4, -0.2) is 18.8 Å². The number of benzene rings is 2. The van der Waals surface area contributed by atoms with Crippen LogP contribution in [-0.2, 0) is 4.74 Å². The minimum Gasteiger partial charge on any atom is -0.462 e. The number of allylic oxidation sites excluding steroid dienone is 1. The topological polar surface area (TPSA) is 26.3 Å². The summed E-state index contributed by atoms with van der Waals surface area (Å²) >= 11 is 17.6. The first kappa shape index (κ1) is 22.6. The molecular formula is C20H16Cl3F3O2. The fourth-order valence-electron chi connectivity index (χ4n) is 2.60. The van der Waals surface area contributed by atoms with E-state index < -0.39 is 18.1 Å². The molecule has 0 spiro atoms. The molecule has 2 aromatic carbocycles. The Bertz CT molecular complexity index is 885. The summed E-state index contributed by atoms with van der Waals surface area (Å²) in [5.74, 6) is -2.40. The summed E-state index contributed by atoms with van der Waals surface area (Å²) in [4.78, 5) is 11.8. The maximum Gasteiger partial charge on any atom is 0.399 e. The van der Waals surface area contributed by atoms with Crippen LogP contribution in [0.5, 0.6) is 0 Å². The van der Waals surface area contributed by atoms with Gasteiger partial charge in [-0.05, 0) is 48.7 Å². The summed E-state index contributed by atoms with van der Waals surface area (Å²) < 4.78 is 45.7. The molecule has 0 bridgehead atoms. The molecule has 0 saturated heterocycles. The zero-order valence-corrected chi connectivity index (χ0v) is 17.2. The fourth-order valence-corrected chi connectivity index (χ4v) is 3.21. The number of ether oxygens (including phenoxy) is 1. The van der Waals surface area contributed by atoms with Crippen molar-refractivity contribution in [2.75, 3.05) is 6.61 Å². The normalized spacial score (nSPS) is 13.0. The number of aryl methyl sites for hydroxylation is 1. The Balaban J connectivity index is 2.37. The Morgan fingerprint density at radius 1 is 1.14 bits per heavy atom. The van der Waals surface area contributed by atoms with E-state index in [4.69, 9.17) is 39.5 Å². The summed E-state index contributed by atoms with van der Waals surface area (Å²) in [6.45, 7) is 3.61. The molecule has 28 heavy (non-hydrogen) atoms. The van der Waals surface area contributed by atoms with Crippen molar-refractivity contribution in [1.82, 2.24) is 0 Å². The minimum atomic E-state index is -4.56. The van der Waals surface area contributed by atoms with Gasteiger partial charge < -0.3 is 4.74 Å². The van der Waals surface area contributed by atoms with Crippen LogP contribution >= 0.6 is 34.8 Å². The van der Waals surface area contributed by atoms with Crippen LogP contribution in [0.1, 0.15) is 39.9 Å². The molecule has 2 aromatic rings. The van der Waals surface area contributed by atoms with Crippen LogP contribution in [0, 0.1) is 6.92 Å². The smallest absolute Gasteiger partial charge is 0.399 e. The molecule has 0 heterocycles. The molecule has 1 unspecified atom stereocenters. The highest BCUT2D eigenvalue weighted by atomic mass is 35.5. The van der Waals surface area contributed by atoms with Gasteiger partial charge in [-0.3, -0.25) is 0 Å². The number of alkyl halides is 3. The molecule has 2 nitrogen and oxygen atoms in total. The summed E-state index contributed by atoms with van der Waals surface area (Å²) in [5, 5.41) is -0.106. The first-order valence-electron chi connectivity index (χ1n) is 8.21. The van der Waals surface area contributed by atoms with E-state index in [-0.39, 0.29) is 27.2 Å². The van der Waals surface area contributed by atoms with Gasteiger partial charge in [0.05, 0.1) is 33.2 Å². The highest BCUT2D eigenvalue weighted by molar-refractivity contribution is 6.48. The molecule has 0 aliphatic rings. The lowest BCUT2D eigenvalue weighted by molar-refractivity contribution is -0.139. The Morgan fingerprint density at radius 2 is 1.75 bits per heavy atom. The lowest BCUT2D eigenvalue weighted by atomic mass is 9.96. The minimum absolute atomic E-state index is 0.00201. The zero-order valence-electron chi connectivity index (χ0n) is 14.9. The second kappa shape index (κ2) is 9.21. The third-order valence-electron chi connectivity index (χ3n) is 3.94. The molecule has 0 fully saturated rings. The molecule has 0 N–H and O–H groups in total. The zero-order chi connectivity index (χ0) is 21.1. The quantitative estimate of drug-likeness (QED) is 0.348. The van der Waals surface area contributed by atoms with Gasteiger partial charge in [0.25, 0.3) is 0 Å². The average Bonchev–Trinajstić information content (AvgIpc) is 2.58. The van der Waals surface area contributed by atoms with Gasteiger partial charge in [0.15, 0.2) is 0 Å². The second-order valence-electron chi connectivity index (χ2n) is 5.97. The second-order valence-corrected chi connectivity index (χ2v) is 7.16. The van der Waals surface area contributed by atoms with Crippen LogP contribution in [0.15, 0.2) is 36.4 Å². The molecule has 0 amide bonds. The number of carbonyl (C=O) groups excluding carboxylic acids is 1. The number of halogens is 6. The monoisotopic (exact) mass is 450 g/mol. The molecule has 0 aliphatic heterocycles. The Hall–Kier alpha value is -1.69. The van der Waals surface area contributed by atoms with E-state index in [1.165, 1.54) is 12.1 Å². The molecule has 0 radical (unpaired) electrons. The SMILES string of the molecule is CCOC(=O)c1ccc(/C=C/C(c2cc(Cl)c(Cl)c(Cl)c2)C(F)(F)F)cc1C. The van der Waals surface area contributed by atoms with E-state index in [1.807, 2.05) is 0 Å². The lowest BCUT2D eigenvalue weighted by Crippen LogP contribution is -2.19. The summed E-state index contributed by atoms with van der Waals surface area (Å²) in [7, 11) is 0. The van der Waals surface area contributed by atoms with Crippen molar-refractivity contribution in [3.8, 4) is 0 Å². The molecule has 0 aromatic heterocycles. The Labute approximate surface area is 175 Å². The molecule has 1 atom stereocenters. The lowest BCUT2D eigenvalue weighted by Gasteiger charge is -2.18. The van der Waals surface area contributed by atoms with Crippen LogP contribution in [0.3, 0.4) is 0 Å². The number of carbonyl (C=O) groups is 1. The van der Waals surface area contributed by atoms with Crippen molar-refractivity contribution in [2.45, 2.75) is 25.9 Å². The van der Waals surface area contributed by atoms with Crippen molar-refractivity contribution < 1.29 is 22.7 Å². The average molecular weight is 452 g/mol. The predicted octanol–water partition coefficient (Wildman–Crippen LogP) is 7.49. The van der Waals surface area contributed by atoms with Gasteiger partial charge >= 0.3 is 12.1 Å². The first-order valence-corrected chi connectivity index (χ1v) is 9.35. The molecule has 0 aliphatic carbocycles. The van der Waals surface area contributed by atoms with Gasteiger partial charge in [-0.15, -0.1) is 0 Å². The van der Waals surface area contributed by atoms with Crippen molar-refractivity contribution in [2.24, 2.45) is 0 Å². The van der Waals surface area contributed by atoms with Gasteiger partial charge in [-0.2, -0.15) is 13.2 Å². The molecule has 2 rings (SSSR count). The summed E-state index contributed by atoms with van der Waals surface area (Å²) in [6, 6.07) is 6.97. The van der Waals surface area contributed by atoms with Gasteiger partial charge in [-0.25, -0.2) is 4.79 Å². The largest absolute Gasteiger partial charge is 0.462 e. The fraction of sp³-hybridized carbons (Fsp3) is 0.250. The van der Waals surface area contributed by atoms with E-state index in [9.17, 15) is 18.0 Å². The number of hydrogen-bond acceptors (Lipinski definition) is 2. The maximum atomic E-state index is 13.6. The van der Waals surface area contributed by atoms with Gasteiger partial charge in [-0.1, -0.05) is 59.1 Å². The standard InChI is InChI=1S/C20H16Cl3F3O2/c1-3-28-19(27)14-6-4-12(8-11(14)2)5-7-15(20(24,25)26)13-9-16(21)18(23)17(22)10-13/h4-10,15H,3H2,1-2H3/b7-5+. The van der Waals surface area contributed by atoms with Crippen molar-refractivity contribution >= 4 is 46.8 Å². The van der Waals surface area contributed by atoms with E-state index in [1.54, 1.807) is 26.0 Å². The van der Waals surface area contributed by atoms with Crippen LogP contribution in [0.4, 0.5) is 13.2 Å². The summed E-state index contributed by atoms with van der Waals surface area (Å²) in [6.07, 6.45) is -2.22. The van der Waals surface area contributed by atoms with E-state index >= 15 is 0 Å². The third kappa shape index (κ3) is 5.43. The molecule has 8 heteroatoms. The van der Waals surface area contributed by atoms with E-state index in [0.29, 0.717) is 16.7 Å². The van der Waals surface area contributed by atoms with Crippen molar-refractivity contribution in [3.05, 3.63) is 73.7 Å². The van der Waals surface area contributed by atoms with Gasteiger partial charge in [0, 0.05) is 0 Å². The highest BCUT2D eigenvalue weighted by Crippen LogP contribution is 2.41. The van der Waals surface area contributed by atoms with Crippen LogP contribution in [0.2, 0.25) is 15.1 Å². The third-order valence-corrected chi connectivity index (χ3v) is 5.14. The number of esters is 1. The Kier molecular flexibility index (Phi) is 7.43. The summed E-state index contributed by atoms with van der Waals surface area (Å²) in [5.41, 5.74) is 1.35. The molecular weight excluding hydrogens is 436 g/mol. The molecule has 0 saturated carbocycles. The van der Waals surface area contributed by atoms with Crippen molar-refractivity contribution in [1.29, 1.82) is 0 Å². The number of hydrogen-bond donors (Lipinski definition) is 0. The van der Waals surface area contributed by atoms with E-state index in [0.717, 1.165) is 18.2 Å². The predicted molar refractivity (Wildman–Crippen MR) is 106 cm³/mol. The highest BCUT2D eigenvalue weighted by Gasteiger charge is 2.39. The maximum absolute atomic E-state index is 13.6.